The summed E-state index contributed by atoms with van der Waals surface area (Å²) in [6.07, 6.45) is 0. The van der Waals surface area contributed by atoms with E-state index in [0.717, 1.165) is 26.3 Å². The van der Waals surface area contributed by atoms with Gasteiger partial charge in [-0.3, -0.25) is 15.1 Å². The molecular weight excluding hydrogens is 436 g/mol. The van der Waals surface area contributed by atoms with Crippen LogP contribution in [0.4, 0.5) is 5.13 Å². The zero-order valence-electron chi connectivity index (χ0n) is 14.9. The quantitative estimate of drug-likeness (QED) is 0.439. The molecule has 0 unspecified atom stereocenters. The third-order valence-corrected chi connectivity index (χ3v) is 5.50. The van der Waals surface area contributed by atoms with Crippen LogP contribution in [0.2, 0.25) is 0 Å². The summed E-state index contributed by atoms with van der Waals surface area (Å²) in [7, 11) is 0. The van der Waals surface area contributed by atoms with E-state index < -0.39 is 0 Å². The van der Waals surface area contributed by atoms with Crippen molar-refractivity contribution in [3.05, 3.63) is 82.5 Å². The third-order valence-electron chi connectivity index (χ3n) is 4.12. The summed E-state index contributed by atoms with van der Waals surface area (Å²) >= 11 is 4.80. The SMILES string of the molecule is Cc1nc(-c2cccc(Br)c2)ccc1C(=O)Nc1nnc(-c2ccccc2)s1. The molecule has 0 radical (unpaired) electrons. The Labute approximate surface area is 174 Å². The number of halogens is 1. The highest BCUT2D eigenvalue weighted by atomic mass is 79.9. The van der Waals surface area contributed by atoms with E-state index in [9.17, 15) is 4.79 Å². The van der Waals surface area contributed by atoms with E-state index in [1.165, 1.54) is 11.3 Å². The van der Waals surface area contributed by atoms with E-state index in [4.69, 9.17) is 0 Å². The highest BCUT2D eigenvalue weighted by Gasteiger charge is 2.15. The van der Waals surface area contributed by atoms with Gasteiger partial charge in [-0.25, -0.2) is 0 Å². The van der Waals surface area contributed by atoms with Crippen molar-refractivity contribution in [2.75, 3.05) is 5.32 Å². The number of pyridine rings is 1. The van der Waals surface area contributed by atoms with Crippen LogP contribution in [-0.4, -0.2) is 21.1 Å². The molecule has 0 saturated heterocycles. The van der Waals surface area contributed by atoms with Crippen molar-refractivity contribution in [1.82, 2.24) is 15.2 Å². The second-order valence-electron chi connectivity index (χ2n) is 6.07. The molecule has 138 valence electrons. The maximum atomic E-state index is 12.7. The normalized spacial score (nSPS) is 10.6. The van der Waals surface area contributed by atoms with Crippen molar-refractivity contribution in [2.24, 2.45) is 0 Å². The molecule has 0 atom stereocenters. The van der Waals surface area contributed by atoms with Gasteiger partial charge in [0.25, 0.3) is 5.91 Å². The lowest BCUT2D eigenvalue weighted by Crippen LogP contribution is -2.14. The Morgan fingerprint density at radius 2 is 1.75 bits per heavy atom. The van der Waals surface area contributed by atoms with Crippen LogP contribution in [0.5, 0.6) is 0 Å². The summed E-state index contributed by atoms with van der Waals surface area (Å²) in [4.78, 5) is 17.2. The number of nitrogens with zero attached hydrogens (tertiary/aromatic N) is 3. The third kappa shape index (κ3) is 4.00. The molecule has 28 heavy (non-hydrogen) atoms. The lowest BCUT2D eigenvalue weighted by Gasteiger charge is -2.08. The molecule has 0 bridgehead atoms. The number of benzene rings is 2. The molecule has 0 spiro atoms. The number of amides is 1. The number of anilines is 1. The minimum Gasteiger partial charge on any atom is -0.296 e. The van der Waals surface area contributed by atoms with Gasteiger partial charge in [0.05, 0.1) is 17.0 Å². The van der Waals surface area contributed by atoms with Crippen molar-refractivity contribution < 1.29 is 4.79 Å². The smallest absolute Gasteiger partial charge is 0.259 e. The molecule has 1 N–H and O–H groups in total. The molecule has 2 aromatic heterocycles. The lowest BCUT2D eigenvalue weighted by molar-refractivity contribution is 0.102. The van der Waals surface area contributed by atoms with E-state index in [2.05, 4.69) is 36.4 Å². The van der Waals surface area contributed by atoms with Crippen LogP contribution in [0.1, 0.15) is 16.1 Å². The summed E-state index contributed by atoms with van der Waals surface area (Å²) in [6, 6.07) is 21.3. The van der Waals surface area contributed by atoms with Gasteiger partial charge < -0.3 is 0 Å². The molecular formula is C21H15BrN4OS. The molecule has 7 heteroatoms. The first kappa shape index (κ1) is 18.5. The average Bonchev–Trinajstić information content (AvgIpc) is 3.17. The predicted octanol–water partition coefficient (Wildman–Crippen LogP) is 5.59. The fourth-order valence-corrected chi connectivity index (χ4v) is 3.89. The predicted molar refractivity (Wildman–Crippen MR) is 115 cm³/mol. The molecule has 0 aliphatic heterocycles. The molecule has 0 aliphatic carbocycles. The number of rotatable bonds is 4. The number of aryl methyl sites for hydroxylation is 1. The van der Waals surface area contributed by atoms with Gasteiger partial charge in [-0.15, -0.1) is 10.2 Å². The first-order valence-electron chi connectivity index (χ1n) is 8.54. The van der Waals surface area contributed by atoms with Crippen LogP contribution in [-0.2, 0) is 0 Å². The van der Waals surface area contributed by atoms with Crippen LogP contribution >= 0.6 is 27.3 Å². The minimum absolute atomic E-state index is 0.249. The number of aromatic nitrogens is 3. The first-order chi connectivity index (χ1) is 13.6. The van der Waals surface area contributed by atoms with Gasteiger partial charge in [-0.1, -0.05) is 69.7 Å². The number of carbonyl (C=O) groups is 1. The summed E-state index contributed by atoms with van der Waals surface area (Å²) in [5.41, 5.74) is 3.94. The molecule has 0 saturated carbocycles. The Bertz CT molecular complexity index is 1140. The largest absolute Gasteiger partial charge is 0.296 e. The second kappa shape index (κ2) is 8.00. The van der Waals surface area contributed by atoms with Gasteiger partial charge in [0.1, 0.15) is 5.01 Å². The molecule has 5 nitrogen and oxygen atoms in total. The van der Waals surface area contributed by atoms with Crippen molar-refractivity contribution in [2.45, 2.75) is 6.92 Å². The van der Waals surface area contributed by atoms with Crippen molar-refractivity contribution in [1.29, 1.82) is 0 Å². The minimum atomic E-state index is -0.249. The first-order valence-corrected chi connectivity index (χ1v) is 10.1. The topological polar surface area (TPSA) is 67.8 Å². The Morgan fingerprint density at radius 1 is 0.964 bits per heavy atom. The van der Waals surface area contributed by atoms with Gasteiger partial charge in [0, 0.05) is 15.6 Å². The summed E-state index contributed by atoms with van der Waals surface area (Å²) in [6.45, 7) is 1.83. The van der Waals surface area contributed by atoms with Crippen LogP contribution in [0.3, 0.4) is 0 Å². The molecule has 0 fully saturated rings. The summed E-state index contributed by atoms with van der Waals surface area (Å²) in [5, 5.41) is 12.3. The van der Waals surface area contributed by atoms with E-state index in [1.807, 2.05) is 67.6 Å². The van der Waals surface area contributed by atoms with Gasteiger partial charge in [-0.05, 0) is 31.2 Å². The van der Waals surface area contributed by atoms with Gasteiger partial charge in [0.15, 0.2) is 0 Å². The fraction of sp³-hybridized carbons (Fsp3) is 0.0476. The maximum Gasteiger partial charge on any atom is 0.259 e. The molecule has 0 aliphatic rings. The van der Waals surface area contributed by atoms with Crippen molar-refractivity contribution in [3.8, 4) is 21.8 Å². The number of hydrogen-bond acceptors (Lipinski definition) is 5. The van der Waals surface area contributed by atoms with Gasteiger partial charge >= 0.3 is 0 Å². The molecule has 4 aromatic rings. The van der Waals surface area contributed by atoms with Crippen molar-refractivity contribution in [3.63, 3.8) is 0 Å². The zero-order chi connectivity index (χ0) is 19.5. The molecule has 1 amide bonds. The van der Waals surface area contributed by atoms with Crippen LogP contribution < -0.4 is 5.32 Å². The number of carbonyl (C=O) groups excluding carboxylic acids is 1. The lowest BCUT2D eigenvalue weighted by atomic mass is 10.1. The average molecular weight is 451 g/mol. The van der Waals surface area contributed by atoms with Gasteiger partial charge in [-0.2, -0.15) is 0 Å². The van der Waals surface area contributed by atoms with Crippen molar-refractivity contribution >= 4 is 38.3 Å². The Hall–Kier alpha value is -2.90. The van der Waals surface area contributed by atoms with E-state index >= 15 is 0 Å². The molecule has 2 aromatic carbocycles. The summed E-state index contributed by atoms with van der Waals surface area (Å²) < 4.78 is 0.983. The highest BCUT2D eigenvalue weighted by Crippen LogP contribution is 2.27. The summed E-state index contributed by atoms with van der Waals surface area (Å²) in [5.74, 6) is -0.249. The molecule has 2 heterocycles. The fourth-order valence-electron chi connectivity index (χ4n) is 2.75. The Balaban J connectivity index is 1.53. The zero-order valence-corrected chi connectivity index (χ0v) is 17.3. The maximum absolute atomic E-state index is 12.7. The van der Waals surface area contributed by atoms with E-state index in [-0.39, 0.29) is 5.91 Å². The Morgan fingerprint density at radius 3 is 2.50 bits per heavy atom. The monoisotopic (exact) mass is 450 g/mol. The second-order valence-corrected chi connectivity index (χ2v) is 7.97. The highest BCUT2D eigenvalue weighted by molar-refractivity contribution is 9.10. The van der Waals surface area contributed by atoms with Gasteiger partial charge in [0.2, 0.25) is 5.13 Å². The van der Waals surface area contributed by atoms with Crippen LogP contribution in [0.25, 0.3) is 21.8 Å². The number of hydrogen-bond donors (Lipinski definition) is 1. The van der Waals surface area contributed by atoms with E-state index in [1.54, 1.807) is 6.07 Å². The Kier molecular flexibility index (Phi) is 5.27. The van der Waals surface area contributed by atoms with Crippen LogP contribution in [0, 0.1) is 6.92 Å². The number of nitrogens with one attached hydrogen (secondary N) is 1. The molecule has 4 rings (SSSR count). The van der Waals surface area contributed by atoms with Crippen LogP contribution in [0.15, 0.2) is 71.2 Å². The van der Waals surface area contributed by atoms with E-state index in [0.29, 0.717) is 16.4 Å². The standard InChI is InChI=1S/C21H15BrN4OS/c1-13-17(10-11-18(23-13)15-8-5-9-16(22)12-15)19(27)24-21-26-25-20(28-21)14-6-3-2-4-7-14/h2-12H,1H3,(H,24,26,27).